The van der Waals surface area contributed by atoms with Crippen molar-refractivity contribution in [2.24, 2.45) is 11.8 Å². The number of amides is 1. The molecule has 1 rings (SSSR count). The number of ether oxygens (including phenoxy) is 3. The maximum atomic E-state index is 12.9. The number of cyclic esters (lactones) is 2. The Kier molecular flexibility index (Phi) is 12.5. The molecule has 0 radical (unpaired) electrons. The number of rotatable bonds is 8. The summed E-state index contributed by atoms with van der Waals surface area (Å²) in [4.78, 5) is 39.2. The molecule has 0 saturated carbocycles. The van der Waals surface area contributed by atoms with E-state index in [9.17, 15) is 14.4 Å². The third-order valence-electron chi connectivity index (χ3n) is 5.67. The highest BCUT2D eigenvalue weighted by molar-refractivity contribution is 5.81. The van der Waals surface area contributed by atoms with Crippen molar-refractivity contribution in [1.29, 1.82) is 0 Å². The molecule has 0 spiro atoms. The van der Waals surface area contributed by atoms with Gasteiger partial charge in [-0.1, -0.05) is 53.0 Å². The monoisotopic (exact) mass is 439 g/mol. The summed E-state index contributed by atoms with van der Waals surface area (Å²) < 4.78 is 16.9. The standard InChI is InChI=1S/C24H41NO6/c1-7-8-9-11-19(29-6)16-20-14-13-18(4)23(27)25(5)15-10-12-21(26)31-22(17(2)3)24(28)30-20/h10,15,17-20,22H,7-9,11-14,16H2,1-6H3/b15-10+/t18?,19-,20-,22-/m0/s1. The van der Waals surface area contributed by atoms with Crippen molar-refractivity contribution < 1.29 is 28.6 Å². The topological polar surface area (TPSA) is 82.1 Å². The number of hydrogen-bond donors (Lipinski definition) is 0. The van der Waals surface area contributed by atoms with E-state index in [1.165, 1.54) is 4.90 Å². The minimum absolute atomic E-state index is 0.0187. The van der Waals surface area contributed by atoms with E-state index in [2.05, 4.69) is 6.92 Å². The molecule has 0 aromatic heterocycles. The van der Waals surface area contributed by atoms with Gasteiger partial charge in [0.05, 0.1) is 12.5 Å². The van der Waals surface area contributed by atoms with Gasteiger partial charge in [0.2, 0.25) is 12.0 Å². The summed E-state index contributed by atoms with van der Waals surface area (Å²) in [5.74, 6) is -1.54. The van der Waals surface area contributed by atoms with E-state index in [0.29, 0.717) is 19.3 Å². The maximum Gasteiger partial charge on any atom is 0.347 e. The summed E-state index contributed by atoms with van der Waals surface area (Å²) >= 11 is 0. The normalized spacial score (nSPS) is 26.2. The molecule has 0 aromatic carbocycles. The van der Waals surface area contributed by atoms with Gasteiger partial charge in [-0.05, 0) is 19.3 Å². The maximum absolute atomic E-state index is 12.9. The van der Waals surface area contributed by atoms with Crippen molar-refractivity contribution in [2.75, 3.05) is 14.2 Å². The lowest BCUT2D eigenvalue weighted by atomic mass is 9.96. The fourth-order valence-electron chi connectivity index (χ4n) is 3.64. The second-order valence-corrected chi connectivity index (χ2v) is 8.82. The fourth-order valence-corrected chi connectivity index (χ4v) is 3.64. The first kappa shape index (κ1) is 27.1. The highest BCUT2D eigenvalue weighted by Crippen LogP contribution is 2.22. The van der Waals surface area contributed by atoms with Gasteiger partial charge in [0.25, 0.3) is 0 Å². The van der Waals surface area contributed by atoms with Crippen LogP contribution >= 0.6 is 0 Å². The van der Waals surface area contributed by atoms with Crippen molar-refractivity contribution in [3.8, 4) is 0 Å². The largest absolute Gasteiger partial charge is 0.460 e. The second kappa shape index (κ2) is 14.2. The summed E-state index contributed by atoms with van der Waals surface area (Å²) in [6.45, 7) is 7.67. The highest BCUT2D eigenvalue weighted by Gasteiger charge is 2.31. The molecule has 178 valence electrons. The molecule has 0 bridgehead atoms. The number of methoxy groups -OCH3 is 1. The second-order valence-electron chi connectivity index (χ2n) is 8.82. The lowest BCUT2D eigenvalue weighted by Crippen LogP contribution is -2.37. The van der Waals surface area contributed by atoms with Gasteiger partial charge < -0.3 is 19.1 Å². The Morgan fingerprint density at radius 2 is 1.87 bits per heavy atom. The van der Waals surface area contributed by atoms with Crippen molar-refractivity contribution in [1.82, 2.24) is 4.90 Å². The van der Waals surface area contributed by atoms with Gasteiger partial charge in [0.15, 0.2) is 0 Å². The molecule has 31 heavy (non-hydrogen) atoms. The molecular weight excluding hydrogens is 398 g/mol. The number of esters is 2. The molecule has 0 aromatic rings. The lowest BCUT2D eigenvalue weighted by Gasteiger charge is -2.27. The number of unbranched alkanes of at least 4 members (excludes halogenated alkanes) is 2. The summed E-state index contributed by atoms with van der Waals surface area (Å²) in [7, 11) is 3.35. The summed E-state index contributed by atoms with van der Waals surface area (Å²) in [6.07, 6.45) is 7.63. The Hall–Kier alpha value is -1.89. The zero-order chi connectivity index (χ0) is 23.4. The number of carbonyl (C=O) groups is 3. The van der Waals surface area contributed by atoms with Crippen LogP contribution in [0.25, 0.3) is 0 Å². The predicted octanol–water partition coefficient (Wildman–Crippen LogP) is 4.24. The van der Waals surface area contributed by atoms with Crippen molar-refractivity contribution >= 4 is 17.8 Å². The molecular formula is C24H41NO6. The van der Waals surface area contributed by atoms with Gasteiger partial charge >= 0.3 is 11.9 Å². The fraction of sp³-hybridized carbons (Fsp3) is 0.792. The predicted molar refractivity (Wildman–Crippen MR) is 119 cm³/mol. The Balaban J connectivity index is 3.04. The van der Waals surface area contributed by atoms with E-state index in [1.807, 2.05) is 20.8 Å². The number of carbonyl (C=O) groups excluding carboxylic acids is 3. The lowest BCUT2D eigenvalue weighted by molar-refractivity contribution is -0.175. The van der Waals surface area contributed by atoms with Gasteiger partial charge in [-0.3, -0.25) is 9.59 Å². The summed E-state index contributed by atoms with van der Waals surface area (Å²) in [5.41, 5.74) is 0. The van der Waals surface area contributed by atoms with Gasteiger partial charge in [0.1, 0.15) is 6.10 Å². The van der Waals surface area contributed by atoms with Crippen LogP contribution < -0.4 is 0 Å². The molecule has 0 saturated heterocycles. The first-order valence-corrected chi connectivity index (χ1v) is 11.6. The van der Waals surface area contributed by atoms with Crippen LogP contribution in [0.4, 0.5) is 0 Å². The van der Waals surface area contributed by atoms with E-state index in [-0.39, 0.29) is 30.3 Å². The Labute approximate surface area is 187 Å². The van der Waals surface area contributed by atoms with Gasteiger partial charge in [0, 0.05) is 38.6 Å². The van der Waals surface area contributed by atoms with Crippen LogP contribution in [0.5, 0.6) is 0 Å². The first-order chi connectivity index (χ1) is 14.7. The molecule has 1 unspecified atom stereocenters. The Morgan fingerprint density at radius 3 is 2.48 bits per heavy atom. The quantitative estimate of drug-likeness (QED) is 0.415. The van der Waals surface area contributed by atoms with E-state index in [0.717, 1.165) is 25.7 Å². The first-order valence-electron chi connectivity index (χ1n) is 11.6. The molecule has 0 N–H and O–H groups in total. The molecule has 0 fully saturated rings. The Bertz CT molecular complexity index is 603. The zero-order valence-corrected chi connectivity index (χ0v) is 20.1. The number of nitrogens with zero attached hydrogens (tertiary/aromatic N) is 1. The van der Waals surface area contributed by atoms with Gasteiger partial charge in [-0.15, -0.1) is 0 Å². The molecule has 1 aliphatic rings. The van der Waals surface area contributed by atoms with Gasteiger partial charge in [-0.25, -0.2) is 4.79 Å². The SMILES string of the molecule is CCCCC[C@@H](C[C@@H]1CCC(C)C(=O)N(C)/C=C/CC(=O)O[C@@H](C(C)C)C(=O)O1)OC. The Morgan fingerprint density at radius 1 is 1.16 bits per heavy atom. The van der Waals surface area contributed by atoms with Crippen LogP contribution in [0.2, 0.25) is 0 Å². The minimum Gasteiger partial charge on any atom is -0.460 e. The van der Waals surface area contributed by atoms with Crippen molar-refractivity contribution in [2.45, 2.75) is 97.4 Å². The molecule has 7 heteroatoms. The van der Waals surface area contributed by atoms with E-state index in [4.69, 9.17) is 14.2 Å². The smallest absolute Gasteiger partial charge is 0.347 e. The molecule has 1 aliphatic heterocycles. The third kappa shape index (κ3) is 9.85. The van der Waals surface area contributed by atoms with E-state index in [1.54, 1.807) is 26.4 Å². The van der Waals surface area contributed by atoms with Crippen LogP contribution in [-0.2, 0) is 28.6 Å². The van der Waals surface area contributed by atoms with Crippen LogP contribution in [0.1, 0.15) is 79.1 Å². The molecule has 7 nitrogen and oxygen atoms in total. The molecule has 4 atom stereocenters. The van der Waals surface area contributed by atoms with Gasteiger partial charge in [-0.2, -0.15) is 0 Å². The number of hydrogen-bond acceptors (Lipinski definition) is 6. The average molecular weight is 440 g/mol. The third-order valence-corrected chi connectivity index (χ3v) is 5.67. The zero-order valence-electron chi connectivity index (χ0n) is 20.1. The summed E-state index contributed by atoms with van der Waals surface area (Å²) in [6, 6.07) is 0. The van der Waals surface area contributed by atoms with Crippen LogP contribution in [-0.4, -0.2) is 55.2 Å². The van der Waals surface area contributed by atoms with Crippen molar-refractivity contribution in [3.05, 3.63) is 12.3 Å². The summed E-state index contributed by atoms with van der Waals surface area (Å²) in [5, 5.41) is 0. The van der Waals surface area contributed by atoms with Crippen LogP contribution in [0, 0.1) is 11.8 Å². The van der Waals surface area contributed by atoms with Crippen LogP contribution in [0.15, 0.2) is 12.3 Å². The van der Waals surface area contributed by atoms with E-state index >= 15 is 0 Å². The highest BCUT2D eigenvalue weighted by atomic mass is 16.6. The average Bonchev–Trinajstić information content (AvgIpc) is 2.73. The minimum atomic E-state index is -0.954. The van der Waals surface area contributed by atoms with Crippen LogP contribution in [0.3, 0.4) is 0 Å². The molecule has 1 heterocycles. The molecule has 1 amide bonds. The molecule has 0 aliphatic carbocycles. The van der Waals surface area contributed by atoms with E-state index < -0.39 is 24.1 Å². The van der Waals surface area contributed by atoms with Crippen molar-refractivity contribution in [3.63, 3.8) is 0 Å².